The van der Waals surface area contributed by atoms with Crippen molar-refractivity contribution < 1.29 is 19.0 Å². The fourth-order valence-electron chi connectivity index (χ4n) is 3.27. The molecule has 2 atom stereocenters. The van der Waals surface area contributed by atoms with E-state index in [1.165, 1.54) is 26.0 Å². The first-order chi connectivity index (χ1) is 12.2. The van der Waals surface area contributed by atoms with Crippen LogP contribution in [-0.4, -0.2) is 27.3 Å². The maximum absolute atomic E-state index is 12.1. The van der Waals surface area contributed by atoms with Crippen LogP contribution in [0.5, 0.6) is 5.75 Å². The van der Waals surface area contributed by atoms with Crippen LogP contribution in [0.1, 0.15) is 34.9 Å². The molecule has 1 aliphatic carbocycles. The minimum Gasteiger partial charge on any atom is -0.503 e. The molecule has 130 valence electrons. The summed E-state index contributed by atoms with van der Waals surface area (Å²) in [6.45, 7) is 0. The molecule has 25 heavy (non-hydrogen) atoms. The highest BCUT2D eigenvalue weighted by Gasteiger charge is 2.41. The van der Waals surface area contributed by atoms with Crippen LogP contribution in [0.2, 0.25) is 0 Å². The van der Waals surface area contributed by atoms with Gasteiger partial charge in [-0.1, -0.05) is 36.4 Å². The summed E-state index contributed by atoms with van der Waals surface area (Å²) in [5, 5.41) is 0. The molecule has 2 aromatic rings. The van der Waals surface area contributed by atoms with Gasteiger partial charge in [0.05, 0.1) is 27.6 Å². The van der Waals surface area contributed by atoms with E-state index >= 15 is 0 Å². The normalized spacial score (nSPS) is 19.2. The van der Waals surface area contributed by atoms with Gasteiger partial charge in [-0.05, 0) is 47.1 Å². The molecule has 1 saturated carbocycles. The summed E-state index contributed by atoms with van der Waals surface area (Å²) in [5.74, 6) is 1.30. The summed E-state index contributed by atoms with van der Waals surface area (Å²) in [6.07, 6.45) is 2.51. The lowest BCUT2D eigenvalue weighted by Gasteiger charge is -2.12. The van der Waals surface area contributed by atoms with Crippen LogP contribution >= 0.6 is 0 Å². The fourth-order valence-corrected chi connectivity index (χ4v) is 3.27. The molecular formula is C21H22O4. The van der Waals surface area contributed by atoms with E-state index in [0.29, 0.717) is 17.4 Å². The molecule has 1 aliphatic rings. The monoisotopic (exact) mass is 338 g/mol. The van der Waals surface area contributed by atoms with Crippen LogP contribution in [0.3, 0.4) is 0 Å². The first-order valence-electron chi connectivity index (χ1n) is 8.24. The Hall–Kier alpha value is -2.75. The molecule has 1 fully saturated rings. The second-order valence-corrected chi connectivity index (χ2v) is 6.07. The molecule has 0 amide bonds. The average molecular weight is 338 g/mol. The van der Waals surface area contributed by atoms with Crippen LogP contribution in [-0.2, 0) is 14.3 Å². The van der Waals surface area contributed by atoms with Gasteiger partial charge in [0.1, 0.15) is 11.3 Å². The van der Waals surface area contributed by atoms with Crippen molar-refractivity contribution in [2.45, 2.75) is 18.3 Å². The Balaban J connectivity index is 1.89. The van der Waals surface area contributed by atoms with Gasteiger partial charge in [0.2, 0.25) is 0 Å². The Morgan fingerprint density at radius 2 is 1.72 bits per heavy atom. The third-order valence-electron chi connectivity index (χ3n) is 4.63. The number of rotatable bonds is 6. The summed E-state index contributed by atoms with van der Waals surface area (Å²) in [7, 11) is 4.58. The topological polar surface area (TPSA) is 44.8 Å². The zero-order chi connectivity index (χ0) is 17.8. The summed E-state index contributed by atoms with van der Waals surface area (Å²) in [6, 6.07) is 16.1. The van der Waals surface area contributed by atoms with Crippen LogP contribution in [0.15, 0.2) is 54.8 Å². The molecule has 0 radical (unpaired) electrons. The third kappa shape index (κ3) is 3.53. The first-order valence-corrected chi connectivity index (χ1v) is 8.24. The quantitative estimate of drug-likeness (QED) is 0.451. The van der Waals surface area contributed by atoms with E-state index in [9.17, 15) is 4.79 Å². The number of ether oxygens (including phenoxy) is 3. The van der Waals surface area contributed by atoms with E-state index in [4.69, 9.17) is 14.2 Å². The zero-order valence-corrected chi connectivity index (χ0v) is 14.7. The summed E-state index contributed by atoms with van der Waals surface area (Å²) >= 11 is 0. The lowest BCUT2D eigenvalue weighted by atomic mass is 9.95. The summed E-state index contributed by atoms with van der Waals surface area (Å²) < 4.78 is 15.2. The maximum Gasteiger partial charge on any atom is 0.341 e. The molecule has 0 unspecified atom stereocenters. The van der Waals surface area contributed by atoms with E-state index in [2.05, 4.69) is 18.2 Å². The van der Waals surface area contributed by atoms with Gasteiger partial charge in [-0.3, -0.25) is 0 Å². The summed E-state index contributed by atoms with van der Waals surface area (Å²) in [4.78, 5) is 12.1. The Labute approximate surface area is 148 Å². The van der Waals surface area contributed by atoms with Crippen LogP contribution in [0, 0.1) is 0 Å². The third-order valence-corrected chi connectivity index (χ3v) is 4.63. The molecule has 0 aliphatic heterocycles. The smallest absolute Gasteiger partial charge is 0.341 e. The van der Waals surface area contributed by atoms with Crippen molar-refractivity contribution in [1.82, 2.24) is 0 Å². The lowest BCUT2D eigenvalue weighted by molar-refractivity contribution is -0.133. The Kier molecular flexibility index (Phi) is 5.08. The van der Waals surface area contributed by atoms with Crippen molar-refractivity contribution in [2.75, 3.05) is 21.3 Å². The highest BCUT2D eigenvalue weighted by Crippen LogP contribution is 2.56. The van der Waals surface area contributed by atoms with E-state index in [-0.39, 0.29) is 0 Å². The Bertz CT molecular complexity index is 777. The van der Waals surface area contributed by atoms with Crippen molar-refractivity contribution in [3.05, 3.63) is 71.5 Å². The molecule has 0 saturated heterocycles. The molecular weight excluding hydrogens is 316 g/mol. The molecule has 3 rings (SSSR count). The van der Waals surface area contributed by atoms with Gasteiger partial charge in [0.15, 0.2) is 0 Å². The van der Waals surface area contributed by atoms with E-state index in [0.717, 1.165) is 23.3 Å². The SMILES string of the molecule is CO/C=C(/C(=O)OC)c1ccccc1[C@H]1C[C@@H]1c1ccc(OC)cc1. The molecule has 0 bridgehead atoms. The van der Waals surface area contributed by atoms with Gasteiger partial charge in [-0.25, -0.2) is 4.79 Å². The highest BCUT2D eigenvalue weighted by atomic mass is 16.5. The number of esters is 1. The van der Waals surface area contributed by atoms with Gasteiger partial charge in [0.25, 0.3) is 0 Å². The number of carbonyl (C=O) groups excluding carboxylic acids is 1. The van der Waals surface area contributed by atoms with Gasteiger partial charge in [0, 0.05) is 0 Å². The highest BCUT2D eigenvalue weighted by molar-refractivity contribution is 6.16. The molecule has 0 heterocycles. The van der Waals surface area contributed by atoms with Crippen molar-refractivity contribution >= 4 is 11.5 Å². The molecule has 0 N–H and O–H groups in total. The minimum atomic E-state index is -0.393. The maximum atomic E-state index is 12.1. The van der Waals surface area contributed by atoms with Crippen molar-refractivity contribution in [1.29, 1.82) is 0 Å². The number of methoxy groups -OCH3 is 3. The number of hydrogen-bond acceptors (Lipinski definition) is 4. The Morgan fingerprint density at radius 1 is 1.00 bits per heavy atom. The van der Waals surface area contributed by atoms with E-state index in [1.807, 2.05) is 30.3 Å². The molecule has 4 nitrogen and oxygen atoms in total. The Morgan fingerprint density at radius 3 is 2.36 bits per heavy atom. The molecule has 2 aromatic carbocycles. The zero-order valence-electron chi connectivity index (χ0n) is 14.7. The van der Waals surface area contributed by atoms with Crippen LogP contribution in [0.4, 0.5) is 0 Å². The fraction of sp³-hybridized carbons (Fsp3) is 0.286. The molecule has 0 aromatic heterocycles. The number of benzene rings is 2. The van der Waals surface area contributed by atoms with Gasteiger partial charge >= 0.3 is 5.97 Å². The van der Waals surface area contributed by atoms with Crippen molar-refractivity contribution in [3.63, 3.8) is 0 Å². The van der Waals surface area contributed by atoms with Crippen molar-refractivity contribution in [2.24, 2.45) is 0 Å². The van der Waals surface area contributed by atoms with Gasteiger partial charge in [-0.2, -0.15) is 0 Å². The van der Waals surface area contributed by atoms with Gasteiger partial charge in [-0.15, -0.1) is 0 Å². The minimum absolute atomic E-state index is 0.384. The van der Waals surface area contributed by atoms with Crippen molar-refractivity contribution in [3.8, 4) is 5.75 Å². The largest absolute Gasteiger partial charge is 0.503 e. The van der Waals surface area contributed by atoms with Crippen LogP contribution in [0.25, 0.3) is 5.57 Å². The van der Waals surface area contributed by atoms with E-state index < -0.39 is 5.97 Å². The molecule has 0 spiro atoms. The van der Waals surface area contributed by atoms with E-state index in [1.54, 1.807) is 7.11 Å². The van der Waals surface area contributed by atoms with Gasteiger partial charge < -0.3 is 14.2 Å². The predicted octanol–water partition coefficient (Wildman–Crippen LogP) is 4.13. The lowest BCUT2D eigenvalue weighted by Crippen LogP contribution is -2.06. The first kappa shape index (κ1) is 17.1. The standard InChI is InChI=1S/C21H22O4/c1-23-13-20(21(22)25-3)17-7-5-4-6-16(17)19-12-18(19)14-8-10-15(24-2)11-9-14/h4-11,13,18-19H,12H2,1-3H3/b20-13+/t18-,19-/m1/s1. The second-order valence-electron chi connectivity index (χ2n) is 6.07. The average Bonchev–Trinajstić information content (AvgIpc) is 3.46. The second kappa shape index (κ2) is 7.43. The predicted molar refractivity (Wildman–Crippen MR) is 96.5 cm³/mol. The molecule has 4 heteroatoms. The number of hydrogen-bond donors (Lipinski definition) is 0. The van der Waals surface area contributed by atoms with Crippen LogP contribution < -0.4 is 4.74 Å². The number of carbonyl (C=O) groups is 1. The summed E-state index contributed by atoms with van der Waals surface area (Å²) in [5.41, 5.74) is 3.76.